The van der Waals surface area contributed by atoms with Crippen molar-refractivity contribution < 1.29 is 9.53 Å². The van der Waals surface area contributed by atoms with Gasteiger partial charge in [-0.05, 0) is 58.0 Å². The monoisotopic (exact) mass is 370 g/mol. The number of benzene rings is 1. The van der Waals surface area contributed by atoms with Crippen molar-refractivity contribution in [2.75, 3.05) is 27.2 Å². The SMILES string of the molecule is Cc1ccc(Br)cc1CN(C)CCN(C)C(=O)OC(C)(C)C. The second-order valence-corrected chi connectivity index (χ2v) is 7.63. The minimum Gasteiger partial charge on any atom is -0.444 e. The van der Waals surface area contributed by atoms with Crippen molar-refractivity contribution >= 4 is 22.0 Å². The van der Waals surface area contributed by atoms with Crippen molar-refractivity contribution in [1.82, 2.24) is 9.80 Å². The number of likely N-dealkylation sites (N-methyl/N-ethyl adjacent to an activating group) is 2. The first-order valence-corrected chi connectivity index (χ1v) is 8.25. The minimum atomic E-state index is -0.454. The maximum Gasteiger partial charge on any atom is 0.410 e. The second kappa shape index (κ2) is 7.97. The number of carbonyl (C=O) groups excluding carboxylic acids is 1. The number of rotatable bonds is 5. The van der Waals surface area contributed by atoms with E-state index in [4.69, 9.17) is 4.74 Å². The van der Waals surface area contributed by atoms with Gasteiger partial charge in [-0.15, -0.1) is 0 Å². The van der Waals surface area contributed by atoms with E-state index in [-0.39, 0.29) is 6.09 Å². The Morgan fingerprint density at radius 2 is 1.86 bits per heavy atom. The molecular formula is C17H27BrN2O2. The Balaban J connectivity index is 2.47. The van der Waals surface area contributed by atoms with Crippen molar-refractivity contribution in [2.24, 2.45) is 0 Å². The van der Waals surface area contributed by atoms with Crippen LogP contribution in [-0.4, -0.2) is 48.7 Å². The van der Waals surface area contributed by atoms with E-state index in [0.29, 0.717) is 6.54 Å². The van der Waals surface area contributed by atoms with E-state index in [2.05, 4.69) is 53.0 Å². The van der Waals surface area contributed by atoms with Gasteiger partial charge in [-0.25, -0.2) is 4.79 Å². The number of carbonyl (C=O) groups is 1. The van der Waals surface area contributed by atoms with Gasteiger partial charge in [0.25, 0.3) is 0 Å². The molecule has 0 atom stereocenters. The van der Waals surface area contributed by atoms with Crippen molar-refractivity contribution in [1.29, 1.82) is 0 Å². The predicted molar refractivity (Wildman–Crippen MR) is 94.1 cm³/mol. The average molecular weight is 371 g/mol. The molecule has 1 rings (SSSR count). The lowest BCUT2D eigenvalue weighted by atomic mass is 10.1. The first-order valence-electron chi connectivity index (χ1n) is 7.46. The molecule has 0 unspecified atom stereocenters. The van der Waals surface area contributed by atoms with Crippen LogP contribution in [0.2, 0.25) is 0 Å². The van der Waals surface area contributed by atoms with Crippen molar-refractivity contribution in [3.05, 3.63) is 33.8 Å². The minimum absolute atomic E-state index is 0.278. The molecule has 0 heterocycles. The molecule has 0 spiro atoms. The molecule has 0 bridgehead atoms. The van der Waals surface area contributed by atoms with E-state index in [0.717, 1.165) is 17.6 Å². The Morgan fingerprint density at radius 1 is 1.23 bits per heavy atom. The third kappa shape index (κ3) is 6.79. The van der Waals surface area contributed by atoms with Crippen LogP contribution in [0.4, 0.5) is 4.79 Å². The number of halogens is 1. The van der Waals surface area contributed by atoms with Gasteiger partial charge >= 0.3 is 6.09 Å². The molecule has 1 aromatic rings. The Labute approximate surface area is 142 Å². The van der Waals surface area contributed by atoms with E-state index in [1.54, 1.807) is 11.9 Å². The summed E-state index contributed by atoms with van der Waals surface area (Å²) in [5.41, 5.74) is 2.11. The fourth-order valence-electron chi connectivity index (χ4n) is 1.93. The summed E-state index contributed by atoms with van der Waals surface area (Å²) in [6.07, 6.45) is -0.278. The molecule has 4 nitrogen and oxygen atoms in total. The van der Waals surface area contributed by atoms with Crippen molar-refractivity contribution in [3.8, 4) is 0 Å². The van der Waals surface area contributed by atoms with Gasteiger partial charge < -0.3 is 14.5 Å². The van der Waals surface area contributed by atoms with Gasteiger partial charge in [0.2, 0.25) is 0 Å². The van der Waals surface area contributed by atoms with Crippen LogP contribution in [0.3, 0.4) is 0 Å². The molecule has 22 heavy (non-hydrogen) atoms. The third-order valence-electron chi connectivity index (χ3n) is 3.27. The summed E-state index contributed by atoms with van der Waals surface area (Å²) in [5, 5.41) is 0. The highest BCUT2D eigenvalue weighted by atomic mass is 79.9. The Hall–Kier alpha value is -1.07. The largest absolute Gasteiger partial charge is 0.444 e. The van der Waals surface area contributed by atoms with E-state index in [1.165, 1.54) is 11.1 Å². The van der Waals surface area contributed by atoms with E-state index >= 15 is 0 Å². The Bertz CT molecular complexity index is 512. The van der Waals surface area contributed by atoms with Gasteiger partial charge in [0.05, 0.1) is 0 Å². The summed E-state index contributed by atoms with van der Waals surface area (Å²) in [6.45, 7) is 10.0. The molecule has 0 radical (unpaired) electrons. The molecule has 0 aliphatic carbocycles. The van der Waals surface area contributed by atoms with Crippen molar-refractivity contribution in [2.45, 2.75) is 39.8 Å². The Kier molecular flexibility index (Phi) is 6.88. The van der Waals surface area contributed by atoms with Gasteiger partial charge in [0, 0.05) is 31.2 Å². The predicted octanol–water partition coefficient (Wildman–Crippen LogP) is 4.06. The molecular weight excluding hydrogens is 344 g/mol. The number of hydrogen-bond donors (Lipinski definition) is 0. The van der Waals surface area contributed by atoms with Crippen LogP contribution < -0.4 is 0 Å². The zero-order chi connectivity index (χ0) is 16.9. The number of aryl methyl sites for hydroxylation is 1. The number of hydrogen-bond acceptors (Lipinski definition) is 3. The first-order chi connectivity index (χ1) is 10.1. The highest BCUT2D eigenvalue weighted by molar-refractivity contribution is 9.10. The van der Waals surface area contributed by atoms with Crippen LogP contribution in [0.25, 0.3) is 0 Å². The maximum atomic E-state index is 11.9. The van der Waals surface area contributed by atoms with Gasteiger partial charge in [-0.3, -0.25) is 0 Å². The molecule has 0 fully saturated rings. The van der Waals surface area contributed by atoms with Crippen molar-refractivity contribution in [3.63, 3.8) is 0 Å². The summed E-state index contributed by atoms with van der Waals surface area (Å²) in [4.78, 5) is 15.7. The van der Waals surface area contributed by atoms with E-state index in [1.807, 2.05) is 20.8 Å². The third-order valence-corrected chi connectivity index (χ3v) is 3.77. The molecule has 0 saturated carbocycles. The van der Waals surface area contributed by atoms with E-state index < -0.39 is 5.60 Å². The lowest BCUT2D eigenvalue weighted by Gasteiger charge is -2.26. The lowest BCUT2D eigenvalue weighted by Crippen LogP contribution is -2.38. The standard InChI is InChI=1S/C17H27BrN2O2/c1-13-7-8-15(18)11-14(13)12-19(5)9-10-20(6)16(21)22-17(2,3)4/h7-8,11H,9-10,12H2,1-6H3. The molecule has 0 aromatic heterocycles. The quantitative estimate of drug-likeness (QED) is 0.783. The molecule has 0 N–H and O–H groups in total. The Morgan fingerprint density at radius 3 is 2.45 bits per heavy atom. The summed E-state index contributed by atoms with van der Waals surface area (Å²) in [7, 11) is 3.83. The molecule has 0 aliphatic heterocycles. The van der Waals surface area contributed by atoms with Crippen LogP contribution in [-0.2, 0) is 11.3 Å². The summed E-state index contributed by atoms with van der Waals surface area (Å²) in [5.74, 6) is 0. The number of ether oxygens (including phenoxy) is 1. The fraction of sp³-hybridized carbons (Fsp3) is 0.588. The normalized spacial score (nSPS) is 11.6. The molecule has 0 saturated heterocycles. The summed E-state index contributed by atoms with van der Waals surface area (Å²) >= 11 is 3.51. The zero-order valence-electron chi connectivity index (χ0n) is 14.4. The average Bonchev–Trinajstić information content (AvgIpc) is 2.38. The van der Waals surface area contributed by atoms with Crippen LogP contribution in [0.1, 0.15) is 31.9 Å². The smallest absolute Gasteiger partial charge is 0.410 e. The van der Waals surface area contributed by atoms with Gasteiger partial charge in [0.15, 0.2) is 0 Å². The van der Waals surface area contributed by atoms with E-state index in [9.17, 15) is 4.79 Å². The second-order valence-electron chi connectivity index (χ2n) is 6.71. The molecule has 124 valence electrons. The first kappa shape index (κ1) is 19.0. The van der Waals surface area contributed by atoms with Gasteiger partial charge in [-0.1, -0.05) is 22.0 Å². The lowest BCUT2D eigenvalue weighted by molar-refractivity contribution is 0.0286. The van der Waals surface area contributed by atoms with Crippen LogP contribution >= 0.6 is 15.9 Å². The van der Waals surface area contributed by atoms with Crippen LogP contribution in [0, 0.1) is 6.92 Å². The van der Waals surface area contributed by atoms with Crippen LogP contribution in [0.15, 0.2) is 22.7 Å². The number of nitrogens with zero attached hydrogens (tertiary/aromatic N) is 2. The molecule has 1 amide bonds. The molecule has 1 aromatic carbocycles. The highest BCUT2D eigenvalue weighted by Crippen LogP contribution is 2.17. The summed E-state index contributed by atoms with van der Waals surface area (Å²) in [6, 6.07) is 6.30. The maximum absolute atomic E-state index is 11.9. The van der Waals surface area contributed by atoms with Gasteiger partial charge in [0.1, 0.15) is 5.60 Å². The van der Waals surface area contributed by atoms with Crippen LogP contribution in [0.5, 0.6) is 0 Å². The highest BCUT2D eigenvalue weighted by Gasteiger charge is 2.19. The molecule has 5 heteroatoms. The fourth-order valence-corrected chi connectivity index (χ4v) is 2.34. The molecule has 0 aliphatic rings. The topological polar surface area (TPSA) is 32.8 Å². The number of amides is 1. The van der Waals surface area contributed by atoms with Gasteiger partial charge in [-0.2, -0.15) is 0 Å². The summed E-state index contributed by atoms with van der Waals surface area (Å²) < 4.78 is 6.44. The zero-order valence-corrected chi connectivity index (χ0v) is 16.0.